The largest absolute Gasteiger partial charge is 0.352 e. The molecule has 0 atom stereocenters. The number of carbonyl (C=O) groups excluding carboxylic acids is 1. The van der Waals surface area contributed by atoms with Crippen molar-refractivity contribution in [1.82, 2.24) is 24.5 Å². The second kappa shape index (κ2) is 9.02. The SMILES string of the molecule is O=C(c1ccn2cc(-c3ccccc3)nc2c1)N1CCN(c2ccc(-c3ccccc3)nn2)CC1. The van der Waals surface area contributed by atoms with Crippen molar-refractivity contribution in [3.8, 4) is 22.5 Å². The Balaban J connectivity index is 1.13. The van der Waals surface area contributed by atoms with Crippen molar-refractivity contribution in [3.05, 3.63) is 103 Å². The van der Waals surface area contributed by atoms with Crippen LogP contribution >= 0.6 is 0 Å². The van der Waals surface area contributed by atoms with Crippen molar-refractivity contribution < 1.29 is 4.79 Å². The Labute approximate surface area is 203 Å². The zero-order valence-electron chi connectivity index (χ0n) is 19.2. The van der Waals surface area contributed by atoms with Gasteiger partial charge in [0.25, 0.3) is 5.91 Å². The number of hydrogen-bond acceptors (Lipinski definition) is 5. The van der Waals surface area contributed by atoms with Gasteiger partial charge in [-0.3, -0.25) is 4.79 Å². The number of aromatic nitrogens is 4. The van der Waals surface area contributed by atoms with Gasteiger partial charge in [0.1, 0.15) is 5.65 Å². The first-order chi connectivity index (χ1) is 17.2. The molecule has 1 aliphatic heterocycles. The van der Waals surface area contributed by atoms with Gasteiger partial charge in [0, 0.05) is 55.3 Å². The minimum absolute atomic E-state index is 0.0296. The highest BCUT2D eigenvalue weighted by atomic mass is 16.2. The quantitative estimate of drug-likeness (QED) is 0.397. The normalized spacial score (nSPS) is 13.8. The number of carbonyl (C=O) groups is 1. The van der Waals surface area contributed by atoms with E-state index >= 15 is 0 Å². The summed E-state index contributed by atoms with van der Waals surface area (Å²) >= 11 is 0. The van der Waals surface area contributed by atoms with Gasteiger partial charge >= 0.3 is 0 Å². The van der Waals surface area contributed by atoms with Crippen LogP contribution in [0, 0.1) is 0 Å². The molecule has 7 heteroatoms. The summed E-state index contributed by atoms with van der Waals surface area (Å²) in [6.45, 7) is 2.70. The molecule has 0 N–H and O–H groups in total. The van der Waals surface area contributed by atoms with Crippen molar-refractivity contribution in [1.29, 1.82) is 0 Å². The van der Waals surface area contributed by atoms with E-state index < -0.39 is 0 Å². The third-order valence-corrected chi connectivity index (χ3v) is 6.39. The Bertz CT molecular complexity index is 1460. The van der Waals surface area contributed by atoms with Crippen LogP contribution in [0.5, 0.6) is 0 Å². The van der Waals surface area contributed by atoms with Gasteiger partial charge in [-0.2, -0.15) is 0 Å². The fourth-order valence-corrected chi connectivity index (χ4v) is 4.44. The van der Waals surface area contributed by atoms with E-state index in [0.717, 1.165) is 47.1 Å². The Morgan fingerprint density at radius 3 is 2.06 bits per heavy atom. The standard InChI is InChI=1S/C28H24N6O/c35-28(23-13-14-34-20-25(29-27(34)19-23)22-9-5-2-6-10-22)33-17-15-32(16-18-33)26-12-11-24(30-31-26)21-7-3-1-4-8-21/h1-14,19-20H,15-18H2. The monoisotopic (exact) mass is 460 g/mol. The predicted molar refractivity (Wildman–Crippen MR) is 136 cm³/mol. The Kier molecular flexibility index (Phi) is 5.42. The number of hydrogen-bond donors (Lipinski definition) is 0. The molecule has 2 aromatic carbocycles. The van der Waals surface area contributed by atoms with Crippen molar-refractivity contribution in [3.63, 3.8) is 0 Å². The molecule has 3 aromatic heterocycles. The van der Waals surface area contributed by atoms with Gasteiger partial charge in [-0.25, -0.2) is 4.98 Å². The summed E-state index contributed by atoms with van der Waals surface area (Å²) in [5.41, 5.74) is 5.27. The molecule has 1 fully saturated rings. The van der Waals surface area contributed by atoms with Gasteiger partial charge in [0.15, 0.2) is 5.82 Å². The first kappa shape index (κ1) is 21.0. The van der Waals surface area contributed by atoms with E-state index in [4.69, 9.17) is 4.98 Å². The third kappa shape index (κ3) is 4.24. The molecular formula is C28H24N6O. The molecule has 0 radical (unpaired) electrons. The van der Waals surface area contributed by atoms with Gasteiger partial charge in [-0.05, 0) is 24.3 Å². The van der Waals surface area contributed by atoms with E-state index in [1.807, 2.05) is 107 Å². The van der Waals surface area contributed by atoms with Crippen molar-refractivity contribution in [2.24, 2.45) is 0 Å². The lowest BCUT2D eigenvalue weighted by Gasteiger charge is -2.35. The number of rotatable bonds is 4. The number of anilines is 1. The van der Waals surface area contributed by atoms with Crippen LogP contribution in [0.1, 0.15) is 10.4 Å². The molecule has 5 aromatic rings. The minimum atomic E-state index is 0.0296. The second-order valence-electron chi connectivity index (χ2n) is 8.60. The summed E-state index contributed by atoms with van der Waals surface area (Å²) in [4.78, 5) is 22.0. The van der Waals surface area contributed by atoms with Crippen LogP contribution in [0.15, 0.2) is 97.3 Å². The summed E-state index contributed by atoms with van der Waals surface area (Å²) in [6, 6.07) is 27.8. The van der Waals surface area contributed by atoms with Crippen LogP contribution in [0.25, 0.3) is 28.2 Å². The maximum atomic E-state index is 13.2. The van der Waals surface area contributed by atoms with E-state index in [9.17, 15) is 4.79 Å². The summed E-state index contributed by atoms with van der Waals surface area (Å²) in [5, 5.41) is 8.83. The highest BCUT2D eigenvalue weighted by Crippen LogP contribution is 2.21. The van der Waals surface area contributed by atoms with Crippen LogP contribution in [0.4, 0.5) is 5.82 Å². The molecule has 6 rings (SSSR count). The first-order valence-electron chi connectivity index (χ1n) is 11.7. The molecule has 1 saturated heterocycles. The maximum Gasteiger partial charge on any atom is 0.254 e. The lowest BCUT2D eigenvalue weighted by Crippen LogP contribution is -2.49. The fourth-order valence-electron chi connectivity index (χ4n) is 4.44. The summed E-state index contributed by atoms with van der Waals surface area (Å²) in [6.07, 6.45) is 3.89. The minimum Gasteiger partial charge on any atom is -0.352 e. The molecule has 7 nitrogen and oxygen atoms in total. The van der Waals surface area contributed by atoms with Crippen LogP contribution in [0.3, 0.4) is 0 Å². The average Bonchev–Trinajstić information content (AvgIpc) is 3.37. The predicted octanol–water partition coefficient (Wildman–Crippen LogP) is 4.42. The van der Waals surface area contributed by atoms with Crippen LogP contribution < -0.4 is 4.90 Å². The lowest BCUT2D eigenvalue weighted by molar-refractivity contribution is 0.0746. The fraction of sp³-hybridized carbons (Fsp3) is 0.143. The number of amides is 1. The number of nitrogens with zero attached hydrogens (tertiary/aromatic N) is 6. The number of imidazole rings is 1. The van der Waals surface area contributed by atoms with Gasteiger partial charge < -0.3 is 14.2 Å². The topological polar surface area (TPSA) is 66.6 Å². The summed E-state index contributed by atoms with van der Waals surface area (Å²) in [7, 11) is 0. The Morgan fingerprint density at radius 1 is 0.714 bits per heavy atom. The van der Waals surface area contributed by atoms with Gasteiger partial charge in [0.2, 0.25) is 0 Å². The molecule has 0 bridgehead atoms. The van der Waals surface area contributed by atoms with Gasteiger partial charge in [0.05, 0.1) is 11.4 Å². The Hall–Kier alpha value is -4.52. The van der Waals surface area contributed by atoms with Crippen molar-refractivity contribution in [2.45, 2.75) is 0 Å². The highest BCUT2D eigenvalue weighted by molar-refractivity contribution is 5.95. The van der Waals surface area contributed by atoms with E-state index in [1.54, 1.807) is 0 Å². The summed E-state index contributed by atoms with van der Waals surface area (Å²) in [5.74, 6) is 0.867. The molecule has 0 unspecified atom stereocenters. The number of benzene rings is 2. The lowest BCUT2D eigenvalue weighted by atomic mass is 10.1. The molecule has 0 aliphatic carbocycles. The van der Waals surface area contributed by atoms with Crippen molar-refractivity contribution in [2.75, 3.05) is 31.1 Å². The molecular weight excluding hydrogens is 436 g/mol. The molecule has 0 saturated carbocycles. The number of fused-ring (bicyclic) bond motifs is 1. The van der Waals surface area contributed by atoms with Gasteiger partial charge in [-0.15, -0.1) is 10.2 Å². The van der Waals surface area contributed by atoms with E-state index in [2.05, 4.69) is 15.1 Å². The number of pyridine rings is 1. The highest BCUT2D eigenvalue weighted by Gasteiger charge is 2.23. The number of piperazine rings is 1. The van der Waals surface area contributed by atoms with Crippen LogP contribution in [-0.2, 0) is 0 Å². The molecule has 172 valence electrons. The zero-order valence-corrected chi connectivity index (χ0v) is 19.2. The van der Waals surface area contributed by atoms with Crippen LogP contribution in [0.2, 0.25) is 0 Å². The molecule has 4 heterocycles. The van der Waals surface area contributed by atoms with E-state index in [1.165, 1.54) is 0 Å². The molecule has 1 aliphatic rings. The molecule has 0 spiro atoms. The van der Waals surface area contributed by atoms with E-state index in [0.29, 0.717) is 18.7 Å². The van der Waals surface area contributed by atoms with Gasteiger partial charge in [-0.1, -0.05) is 60.7 Å². The van der Waals surface area contributed by atoms with E-state index in [-0.39, 0.29) is 5.91 Å². The summed E-state index contributed by atoms with van der Waals surface area (Å²) < 4.78 is 1.95. The second-order valence-corrected chi connectivity index (χ2v) is 8.60. The molecule has 35 heavy (non-hydrogen) atoms. The third-order valence-electron chi connectivity index (χ3n) is 6.39. The average molecular weight is 461 g/mol. The van der Waals surface area contributed by atoms with Crippen molar-refractivity contribution >= 4 is 17.4 Å². The van der Waals surface area contributed by atoms with Crippen LogP contribution in [-0.4, -0.2) is 56.6 Å². The molecule has 1 amide bonds. The first-order valence-corrected chi connectivity index (χ1v) is 11.7. The maximum absolute atomic E-state index is 13.2. The Morgan fingerprint density at radius 2 is 1.40 bits per heavy atom. The smallest absolute Gasteiger partial charge is 0.254 e. The zero-order chi connectivity index (χ0) is 23.6.